The maximum absolute atomic E-state index is 12.8. The summed E-state index contributed by atoms with van der Waals surface area (Å²) in [4.78, 5) is 15.5. The SMILES string of the molecule is N#Cc1ccc(C(=O)Nc2cc(C(F)(F)F)cc(C(F)(F)F)c2)cn1. The summed E-state index contributed by atoms with van der Waals surface area (Å²) in [5, 5.41) is 10.5. The fourth-order valence-electron chi connectivity index (χ4n) is 1.82. The summed E-state index contributed by atoms with van der Waals surface area (Å²) >= 11 is 0. The van der Waals surface area contributed by atoms with Gasteiger partial charge >= 0.3 is 12.4 Å². The Balaban J connectivity index is 2.37. The van der Waals surface area contributed by atoms with Gasteiger partial charge in [-0.1, -0.05) is 0 Å². The second-order valence-corrected chi connectivity index (χ2v) is 4.79. The second kappa shape index (κ2) is 6.43. The van der Waals surface area contributed by atoms with E-state index in [1.165, 1.54) is 12.1 Å². The number of alkyl halides is 6. The van der Waals surface area contributed by atoms with Gasteiger partial charge < -0.3 is 5.32 Å². The number of hydrogen-bond donors (Lipinski definition) is 1. The van der Waals surface area contributed by atoms with Gasteiger partial charge in [-0.2, -0.15) is 31.6 Å². The van der Waals surface area contributed by atoms with Crippen LogP contribution in [0.4, 0.5) is 32.0 Å². The van der Waals surface area contributed by atoms with Crippen LogP contribution in [-0.4, -0.2) is 10.9 Å². The predicted octanol–water partition coefficient (Wildman–Crippen LogP) is 4.24. The van der Waals surface area contributed by atoms with E-state index in [1.54, 1.807) is 6.07 Å². The molecule has 1 heterocycles. The molecule has 2 rings (SSSR count). The van der Waals surface area contributed by atoms with Crippen LogP contribution in [0.1, 0.15) is 27.2 Å². The maximum atomic E-state index is 12.8. The third-order valence-electron chi connectivity index (χ3n) is 2.99. The molecule has 130 valence electrons. The first-order valence-corrected chi connectivity index (χ1v) is 6.47. The van der Waals surface area contributed by atoms with E-state index in [9.17, 15) is 31.1 Å². The molecular weight excluding hydrogens is 352 g/mol. The van der Waals surface area contributed by atoms with Gasteiger partial charge in [0.2, 0.25) is 0 Å². The summed E-state index contributed by atoms with van der Waals surface area (Å²) in [6, 6.07) is 4.79. The molecule has 0 atom stereocenters. The number of anilines is 1. The average molecular weight is 359 g/mol. The summed E-state index contributed by atoms with van der Waals surface area (Å²) in [6.07, 6.45) is -9.06. The Bertz CT molecular complexity index is 802. The highest BCUT2D eigenvalue weighted by molar-refractivity contribution is 6.04. The lowest BCUT2D eigenvalue weighted by Crippen LogP contribution is -2.16. The van der Waals surface area contributed by atoms with E-state index in [4.69, 9.17) is 5.26 Å². The normalized spacial score (nSPS) is 11.7. The lowest BCUT2D eigenvalue weighted by atomic mass is 10.1. The quantitative estimate of drug-likeness (QED) is 0.816. The second-order valence-electron chi connectivity index (χ2n) is 4.79. The molecule has 1 amide bonds. The molecule has 0 fully saturated rings. The Morgan fingerprint density at radius 3 is 1.96 bits per heavy atom. The van der Waals surface area contributed by atoms with Crippen LogP contribution in [0.2, 0.25) is 0 Å². The molecule has 2 aromatic rings. The van der Waals surface area contributed by atoms with Crippen LogP contribution >= 0.6 is 0 Å². The van der Waals surface area contributed by atoms with Crippen molar-refractivity contribution < 1.29 is 31.1 Å². The van der Waals surface area contributed by atoms with Crippen LogP contribution in [0.15, 0.2) is 36.5 Å². The molecule has 0 aliphatic carbocycles. The van der Waals surface area contributed by atoms with Gasteiger partial charge in [-0.05, 0) is 30.3 Å². The van der Waals surface area contributed by atoms with Crippen LogP contribution in [0.5, 0.6) is 0 Å². The van der Waals surface area contributed by atoms with Crippen LogP contribution in [0.3, 0.4) is 0 Å². The zero-order valence-corrected chi connectivity index (χ0v) is 12.0. The number of pyridine rings is 1. The summed E-state index contributed by atoms with van der Waals surface area (Å²) in [5.41, 5.74) is -3.90. The molecule has 0 aliphatic heterocycles. The van der Waals surface area contributed by atoms with E-state index >= 15 is 0 Å². The van der Waals surface area contributed by atoms with Crippen LogP contribution in [-0.2, 0) is 12.4 Å². The van der Waals surface area contributed by atoms with Gasteiger partial charge in [-0.25, -0.2) is 4.98 Å². The van der Waals surface area contributed by atoms with Crippen molar-refractivity contribution in [3.63, 3.8) is 0 Å². The van der Waals surface area contributed by atoms with Gasteiger partial charge in [0.05, 0.1) is 16.7 Å². The van der Waals surface area contributed by atoms with Crippen molar-refractivity contribution >= 4 is 11.6 Å². The number of carbonyl (C=O) groups is 1. The van der Waals surface area contributed by atoms with Crippen LogP contribution < -0.4 is 5.32 Å². The van der Waals surface area contributed by atoms with Crippen molar-refractivity contribution in [1.29, 1.82) is 5.26 Å². The van der Waals surface area contributed by atoms with E-state index in [1.807, 2.05) is 5.32 Å². The molecule has 0 bridgehead atoms. The Labute approximate surface area is 136 Å². The fraction of sp³-hybridized carbons (Fsp3) is 0.133. The molecule has 0 aliphatic rings. The molecule has 4 nitrogen and oxygen atoms in total. The zero-order chi connectivity index (χ0) is 18.8. The van der Waals surface area contributed by atoms with Gasteiger partial charge in [0.15, 0.2) is 0 Å². The van der Waals surface area contributed by atoms with Crippen molar-refractivity contribution in [2.45, 2.75) is 12.4 Å². The number of carbonyl (C=O) groups excluding carboxylic acids is 1. The van der Waals surface area contributed by atoms with Crippen molar-refractivity contribution in [3.05, 3.63) is 58.9 Å². The van der Waals surface area contributed by atoms with Crippen LogP contribution in [0, 0.1) is 11.3 Å². The highest BCUT2D eigenvalue weighted by Crippen LogP contribution is 2.37. The van der Waals surface area contributed by atoms with Crippen molar-refractivity contribution in [1.82, 2.24) is 4.98 Å². The number of halogens is 6. The van der Waals surface area contributed by atoms with Gasteiger partial charge in [0.1, 0.15) is 11.8 Å². The topological polar surface area (TPSA) is 65.8 Å². The van der Waals surface area contributed by atoms with Gasteiger partial charge in [0, 0.05) is 11.9 Å². The van der Waals surface area contributed by atoms with E-state index in [-0.39, 0.29) is 17.3 Å². The molecule has 1 aromatic heterocycles. The molecule has 0 unspecified atom stereocenters. The largest absolute Gasteiger partial charge is 0.416 e. The third kappa shape index (κ3) is 4.47. The summed E-state index contributed by atoms with van der Waals surface area (Å²) in [6.45, 7) is 0. The number of nitriles is 1. The standard InChI is InChI=1S/C15H7F6N3O/c16-14(17,18)9-3-10(15(19,20)21)5-12(4-9)24-13(25)8-1-2-11(6-22)23-7-8/h1-5,7H,(H,24,25). The Morgan fingerprint density at radius 2 is 1.56 bits per heavy atom. The zero-order valence-electron chi connectivity index (χ0n) is 12.0. The van der Waals surface area contributed by atoms with Crippen LogP contribution in [0.25, 0.3) is 0 Å². The van der Waals surface area contributed by atoms with Crippen molar-refractivity contribution in [3.8, 4) is 6.07 Å². The Morgan fingerprint density at radius 1 is 1.00 bits per heavy atom. The molecule has 1 N–H and O–H groups in total. The van der Waals surface area contributed by atoms with E-state index in [0.29, 0.717) is 12.1 Å². The minimum Gasteiger partial charge on any atom is -0.322 e. The molecule has 1 aromatic carbocycles. The number of aromatic nitrogens is 1. The fourth-order valence-corrected chi connectivity index (χ4v) is 1.82. The molecule has 0 saturated heterocycles. The summed E-state index contributed by atoms with van der Waals surface area (Å²) in [5.74, 6) is -0.968. The maximum Gasteiger partial charge on any atom is 0.416 e. The van der Waals surface area contributed by atoms with Gasteiger partial charge in [-0.15, -0.1) is 0 Å². The minimum absolute atomic E-state index is 0.00465. The van der Waals surface area contributed by atoms with Crippen molar-refractivity contribution in [2.75, 3.05) is 5.32 Å². The van der Waals surface area contributed by atoms with Crippen molar-refractivity contribution in [2.24, 2.45) is 0 Å². The summed E-state index contributed by atoms with van der Waals surface area (Å²) in [7, 11) is 0. The minimum atomic E-state index is -5.02. The first-order valence-electron chi connectivity index (χ1n) is 6.47. The Kier molecular flexibility index (Phi) is 4.69. The van der Waals surface area contributed by atoms with E-state index in [0.717, 1.165) is 6.20 Å². The first-order chi connectivity index (χ1) is 11.5. The first kappa shape index (κ1) is 18.3. The summed E-state index contributed by atoms with van der Waals surface area (Å²) < 4.78 is 76.6. The monoisotopic (exact) mass is 359 g/mol. The molecule has 10 heteroatoms. The third-order valence-corrected chi connectivity index (χ3v) is 2.99. The number of amides is 1. The molecule has 0 saturated carbocycles. The van der Waals surface area contributed by atoms with E-state index in [2.05, 4.69) is 4.98 Å². The smallest absolute Gasteiger partial charge is 0.322 e. The number of nitrogens with one attached hydrogen (secondary N) is 1. The number of nitrogens with zero attached hydrogens (tertiary/aromatic N) is 2. The molecule has 25 heavy (non-hydrogen) atoms. The number of hydrogen-bond acceptors (Lipinski definition) is 3. The molecular formula is C15H7F6N3O. The number of rotatable bonds is 2. The van der Waals surface area contributed by atoms with E-state index < -0.39 is 35.1 Å². The predicted molar refractivity (Wildman–Crippen MR) is 73.4 cm³/mol. The highest BCUT2D eigenvalue weighted by Gasteiger charge is 2.37. The van der Waals surface area contributed by atoms with Gasteiger partial charge in [-0.3, -0.25) is 4.79 Å². The Hall–Kier alpha value is -3.09. The van der Waals surface area contributed by atoms with Gasteiger partial charge in [0.25, 0.3) is 5.91 Å². The molecule has 0 radical (unpaired) electrons. The average Bonchev–Trinajstić information content (AvgIpc) is 2.53. The molecule has 0 spiro atoms. The lowest BCUT2D eigenvalue weighted by molar-refractivity contribution is -0.143. The number of benzene rings is 1. The highest BCUT2D eigenvalue weighted by atomic mass is 19.4. The lowest BCUT2D eigenvalue weighted by Gasteiger charge is -2.14.